The number of nitrogens with two attached hydrogens (primary N) is 1. The maximum Gasteiger partial charge on any atom is 0.140 e. The summed E-state index contributed by atoms with van der Waals surface area (Å²) >= 11 is 0. The zero-order chi connectivity index (χ0) is 11.1. The van der Waals surface area contributed by atoms with Crippen LogP contribution in [0.2, 0.25) is 0 Å². The van der Waals surface area contributed by atoms with E-state index in [0.717, 1.165) is 24.3 Å². The van der Waals surface area contributed by atoms with Gasteiger partial charge in [-0.15, -0.1) is 0 Å². The zero-order valence-electron chi connectivity index (χ0n) is 9.58. The van der Waals surface area contributed by atoms with Gasteiger partial charge in [-0.2, -0.15) is 0 Å². The van der Waals surface area contributed by atoms with Gasteiger partial charge >= 0.3 is 0 Å². The number of pyridine rings is 1. The van der Waals surface area contributed by atoms with Gasteiger partial charge < -0.3 is 10.5 Å². The first-order valence-electron chi connectivity index (χ1n) is 5.30. The Morgan fingerprint density at radius 1 is 1.47 bits per heavy atom. The van der Waals surface area contributed by atoms with Crippen LogP contribution in [0.15, 0.2) is 18.3 Å². The molecule has 0 saturated heterocycles. The minimum atomic E-state index is -0.241. The van der Waals surface area contributed by atoms with E-state index in [4.69, 9.17) is 10.5 Å². The molecule has 2 rings (SSSR count). The lowest BCUT2D eigenvalue weighted by Crippen LogP contribution is -2.45. The van der Waals surface area contributed by atoms with Crippen molar-refractivity contribution in [1.82, 2.24) is 4.98 Å². The SMILES string of the molecule is COc1cccnc1C1(C(C)(C)N)CC1. The standard InChI is InChI=1S/C12H18N2O/c1-11(2,13)12(6-7-12)10-9(15-3)5-4-8-14-10/h4-5,8H,6-7,13H2,1-3H3. The van der Waals surface area contributed by atoms with Crippen molar-refractivity contribution in [3.8, 4) is 5.75 Å². The summed E-state index contributed by atoms with van der Waals surface area (Å²) in [4.78, 5) is 4.45. The number of methoxy groups -OCH3 is 1. The third kappa shape index (κ3) is 1.51. The molecule has 1 aromatic rings. The largest absolute Gasteiger partial charge is 0.495 e. The molecule has 0 aliphatic heterocycles. The minimum absolute atomic E-state index is 0.0135. The fourth-order valence-electron chi connectivity index (χ4n) is 2.23. The summed E-state index contributed by atoms with van der Waals surface area (Å²) in [6.45, 7) is 4.13. The summed E-state index contributed by atoms with van der Waals surface area (Å²) in [6.07, 6.45) is 4.01. The maximum atomic E-state index is 6.24. The van der Waals surface area contributed by atoms with E-state index in [9.17, 15) is 0 Å². The van der Waals surface area contributed by atoms with Gasteiger partial charge in [0.1, 0.15) is 5.75 Å². The van der Waals surface area contributed by atoms with E-state index in [1.807, 2.05) is 18.3 Å². The summed E-state index contributed by atoms with van der Waals surface area (Å²) in [5.41, 5.74) is 7.02. The van der Waals surface area contributed by atoms with Gasteiger partial charge in [0.25, 0.3) is 0 Å². The second-order valence-electron chi connectivity index (χ2n) is 4.86. The van der Waals surface area contributed by atoms with Crippen LogP contribution in [0.25, 0.3) is 0 Å². The summed E-state index contributed by atoms with van der Waals surface area (Å²) in [5.74, 6) is 0.855. The molecule has 82 valence electrons. The smallest absolute Gasteiger partial charge is 0.140 e. The first kappa shape index (κ1) is 10.4. The fraction of sp³-hybridized carbons (Fsp3) is 0.583. The van der Waals surface area contributed by atoms with Crippen LogP contribution in [0.3, 0.4) is 0 Å². The number of hydrogen-bond donors (Lipinski definition) is 1. The van der Waals surface area contributed by atoms with Gasteiger partial charge in [0.05, 0.1) is 12.8 Å². The molecule has 0 bridgehead atoms. The third-order valence-electron chi connectivity index (χ3n) is 3.43. The van der Waals surface area contributed by atoms with Crippen molar-refractivity contribution >= 4 is 0 Å². The quantitative estimate of drug-likeness (QED) is 0.821. The van der Waals surface area contributed by atoms with Gasteiger partial charge in [-0.1, -0.05) is 0 Å². The Labute approximate surface area is 90.7 Å². The van der Waals surface area contributed by atoms with Crippen LogP contribution in [0.5, 0.6) is 5.75 Å². The molecule has 3 heteroatoms. The monoisotopic (exact) mass is 206 g/mol. The summed E-state index contributed by atoms with van der Waals surface area (Å²) in [6, 6.07) is 3.84. The highest BCUT2D eigenvalue weighted by molar-refractivity contribution is 5.41. The van der Waals surface area contributed by atoms with E-state index in [2.05, 4.69) is 18.8 Å². The molecule has 1 aliphatic rings. The molecule has 2 N–H and O–H groups in total. The van der Waals surface area contributed by atoms with Crippen LogP contribution < -0.4 is 10.5 Å². The Morgan fingerprint density at radius 2 is 2.13 bits per heavy atom. The molecule has 0 amide bonds. The Balaban J connectivity index is 2.46. The third-order valence-corrected chi connectivity index (χ3v) is 3.43. The van der Waals surface area contributed by atoms with Crippen LogP contribution in [0.4, 0.5) is 0 Å². The molecule has 3 nitrogen and oxygen atoms in total. The number of hydrogen-bond acceptors (Lipinski definition) is 3. The average Bonchev–Trinajstić information content (AvgIpc) is 2.97. The highest BCUT2D eigenvalue weighted by Gasteiger charge is 2.56. The van der Waals surface area contributed by atoms with Crippen LogP contribution >= 0.6 is 0 Å². The molecule has 1 heterocycles. The molecule has 15 heavy (non-hydrogen) atoms. The fourth-order valence-corrected chi connectivity index (χ4v) is 2.23. The highest BCUT2D eigenvalue weighted by Crippen LogP contribution is 2.56. The van der Waals surface area contributed by atoms with E-state index < -0.39 is 0 Å². The van der Waals surface area contributed by atoms with E-state index in [1.165, 1.54) is 0 Å². The average molecular weight is 206 g/mol. The first-order valence-corrected chi connectivity index (χ1v) is 5.30. The van der Waals surface area contributed by atoms with E-state index in [-0.39, 0.29) is 11.0 Å². The minimum Gasteiger partial charge on any atom is -0.495 e. The van der Waals surface area contributed by atoms with Crippen LogP contribution in [0.1, 0.15) is 32.4 Å². The number of ether oxygens (including phenoxy) is 1. The van der Waals surface area contributed by atoms with Crippen LogP contribution in [0, 0.1) is 0 Å². The maximum absolute atomic E-state index is 6.24. The van der Waals surface area contributed by atoms with Gasteiger partial charge in [0.2, 0.25) is 0 Å². The first-order chi connectivity index (χ1) is 7.01. The second-order valence-corrected chi connectivity index (χ2v) is 4.86. The number of nitrogens with zero attached hydrogens (tertiary/aromatic N) is 1. The summed E-state index contributed by atoms with van der Waals surface area (Å²) in [7, 11) is 1.68. The van der Waals surface area contributed by atoms with Crippen molar-refractivity contribution in [1.29, 1.82) is 0 Å². The molecular weight excluding hydrogens is 188 g/mol. The molecule has 0 atom stereocenters. The Bertz CT molecular complexity index is 364. The molecular formula is C12H18N2O. The molecule has 0 spiro atoms. The molecule has 1 saturated carbocycles. The van der Waals surface area contributed by atoms with Crippen molar-refractivity contribution in [2.24, 2.45) is 5.73 Å². The van der Waals surface area contributed by atoms with Crippen molar-refractivity contribution < 1.29 is 4.74 Å². The number of aromatic nitrogens is 1. The van der Waals surface area contributed by atoms with Crippen molar-refractivity contribution in [2.75, 3.05) is 7.11 Å². The second kappa shape index (κ2) is 3.20. The summed E-state index contributed by atoms with van der Waals surface area (Å²) < 4.78 is 5.35. The Morgan fingerprint density at radius 3 is 2.60 bits per heavy atom. The van der Waals surface area contributed by atoms with Gasteiger partial charge in [0, 0.05) is 17.2 Å². The molecule has 0 unspecified atom stereocenters. The summed E-state index contributed by atoms with van der Waals surface area (Å²) in [5, 5.41) is 0. The molecule has 0 aromatic carbocycles. The Kier molecular flexibility index (Phi) is 2.23. The highest BCUT2D eigenvalue weighted by atomic mass is 16.5. The van der Waals surface area contributed by atoms with Crippen molar-refractivity contribution in [3.63, 3.8) is 0 Å². The number of rotatable bonds is 3. The van der Waals surface area contributed by atoms with Crippen molar-refractivity contribution in [2.45, 2.75) is 37.6 Å². The van der Waals surface area contributed by atoms with Crippen LogP contribution in [-0.2, 0) is 5.41 Å². The topological polar surface area (TPSA) is 48.1 Å². The van der Waals surface area contributed by atoms with Gasteiger partial charge in [-0.25, -0.2) is 0 Å². The molecule has 1 fully saturated rings. The van der Waals surface area contributed by atoms with Crippen molar-refractivity contribution in [3.05, 3.63) is 24.0 Å². The molecule has 0 radical (unpaired) electrons. The predicted molar refractivity (Wildman–Crippen MR) is 60.0 cm³/mol. The zero-order valence-corrected chi connectivity index (χ0v) is 9.58. The van der Waals surface area contributed by atoms with E-state index >= 15 is 0 Å². The lowest BCUT2D eigenvalue weighted by atomic mass is 9.81. The van der Waals surface area contributed by atoms with Crippen LogP contribution in [-0.4, -0.2) is 17.6 Å². The normalized spacial score (nSPS) is 18.7. The predicted octanol–water partition coefficient (Wildman–Crippen LogP) is 1.86. The van der Waals surface area contributed by atoms with Gasteiger partial charge in [-0.05, 0) is 38.8 Å². The lowest BCUT2D eigenvalue weighted by Gasteiger charge is -2.31. The molecule has 1 aromatic heterocycles. The Hall–Kier alpha value is -1.09. The van der Waals surface area contributed by atoms with E-state index in [0.29, 0.717) is 0 Å². The van der Waals surface area contributed by atoms with Gasteiger partial charge in [-0.3, -0.25) is 4.98 Å². The molecule has 1 aliphatic carbocycles. The lowest BCUT2D eigenvalue weighted by molar-refractivity contribution is 0.351. The van der Waals surface area contributed by atoms with Gasteiger partial charge in [0.15, 0.2) is 0 Å². The van der Waals surface area contributed by atoms with E-state index in [1.54, 1.807) is 7.11 Å².